The van der Waals surface area contributed by atoms with Crippen LogP contribution >= 0.6 is 0 Å². The van der Waals surface area contributed by atoms with Crippen molar-refractivity contribution >= 4 is 0 Å². The van der Waals surface area contributed by atoms with Gasteiger partial charge in [0.25, 0.3) is 0 Å². The summed E-state index contributed by atoms with van der Waals surface area (Å²) in [5.74, 6) is 3.01. The van der Waals surface area contributed by atoms with Crippen molar-refractivity contribution in [1.29, 1.82) is 0 Å². The van der Waals surface area contributed by atoms with Crippen LogP contribution in [0.2, 0.25) is 0 Å². The summed E-state index contributed by atoms with van der Waals surface area (Å²) in [6, 6.07) is 0. The molecule has 1 unspecified atom stereocenters. The minimum Gasteiger partial charge on any atom is -0.330 e. The van der Waals surface area contributed by atoms with E-state index in [4.69, 9.17) is 5.73 Å². The first kappa shape index (κ1) is 12.2. The average Bonchev–Trinajstić information content (AvgIpc) is 2.83. The molecule has 18 heavy (non-hydrogen) atoms. The van der Waals surface area contributed by atoms with Crippen LogP contribution < -0.4 is 5.73 Å². The van der Waals surface area contributed by atoms with Gasteiger partial charge in [-0.25, -0.2) is 0 Å². The fraction of sp³-hybridized carbons (Fsp3) is 0.857. The standard InChI is InChI=1S/C14H24N4/c1-14(6-3-2-4-7-14)13-17-16-12-9-11(10-15)5-8-18(12)13/h11H,2-10,15H2,1H3. The number of nitrogens with zero attached hydrogens (tertiary/aromatic N) is 3. The maximum atomic E-state index is 5.78. The number of aromatic nitrogens is 3. The normalized spacial score (nSPS) is 26.9. The lowest BCUT2D eigenvalue weighted by molar-refractivity contribution is 0.282. The van der Waals surface area contributed by atoms with E-state index in [0.717, 1.165) is 19.5 Å². The van der Waals surface area contributed by atoms with Crippen LogP contribution in [-0.4, -0.2) is 21.3 Å². The van der Waals surface area contributed by atoms with Gasteiger partial charge < -0.3 is 10.3 Å². The molecule has 0 radical (unpaired) electrons. The zero-order chi connectivity index (χ0) is 12.6. The molecule has 3 rings (SSSR count). The monoisotopic (exact) mass is 248 g/mol. The number of hydrogen-bond donors (Lipinski definition) is 1. The third kappa shape index (κ3) is 1.96. The molecule has 1 aromatic heterocycles. The molecule has 2 N–H and O–H groups in total. The number of rotatable bonds is 2. The first-order valence-electron chi connectivity index (χ1n) is 7.35. The molecule has 100 valence electrons. The van der Waals surface area contributed by atoms with E-state index in [0.29, 0.717) is 5.92 Å². The van der Waals surface area contributed by atoms with Gasteiger partial charge in [-0.1, -0.05) is 26.2 Å². The van der Waals surface area contributed by atoms with Gasteiger partial charge >= 0.3 is 0 Å². The zero-order valence-corrected chi connectivity index (χ0v) is 11.4. The Labute approximate surface area is 109 Å². The summed E-state index contributed by atoms with van der Waals surface area (Å²) in [5, 5.41) is 8.97. The fourth-order valence-electron chi connectivity index (χ4n) is 3.60. The molecule has 2 aliphatic rings. The van der Waals surface area contributed by atoms with Crippen molar-refractivity contribution in [3.63, 3.8) is 0 Å². The predicted octanol–water partition coefficient (Wildman–Crippen LogP) is 2.02. The van der Waals surface area contributed by atoms with Gasteiger partial charge in [0.15, 0.2) is 0 Å². The van der Waals surface area contributed by atoms with Crippen molar-refractivity contribution in [3.05, 3.63) is 11.6 Å². The summed E-state index contributed by atoms with van der Waals surface area (Å²) in [5.41, 5.74) is 6.04. The van der Waals surface area contributed by atoms with Gasteiger partial charge in [0.05, 0.1) is 0 Å². The Hall–Kier alpha value is -0.900. The van der Waals surface area contributed by atoms with Crippen molar-refractivity contribution in [2.45, 2.75) is 63.8 Å². The lowest BCUT2D eigenvalue weighted by Gasteiger charge is -2.34. The summed E-state index contributed by atoms with van der Waals surface area (Å²) < 4.78 is 2.39. The third-order valence-corrected chi connectivity index (χ3v) is 4.89. The van der Waals surface area contributed by atoms with Gasteiger partial charge in [0, 0.05) is 18.4 Å². The number of hydrogen-bond acceptors (Lipinski definition) is 3. The van der Waals surface area contributed by atoms with Crippen LogP contribution in [0, 0.1) is 5.92 Å². The molecule has 2 heterocycles. The van der Waals surface area contributed by atoms with Crippen LogP contribution in [0.5, 0.6) is 0 Å². The maximum absolute atomic E-state index is 5.78. The first-order valence-corrected chi connectivity index (χ1v) is 7.35. The molecule has 4 nitrogen and oxygen atoms in total. The molecule has 0 saturated heterocycles. The molecular weight excluding hydrogens is 224 g/mol. The maximum Gasteiger partial charge on any atom is 0.138 e. The SMILES string of the molecule is CC1(c2nnc3n2CCC(CN)C3)CCCCC1. The highest BCUT2D eigenvalue weighted by molar-refractivity contribution is 5.12. The molecule has 1 saturated carbocycles. The van der Waals surface area contributed by atoms with Crippen molar-refractivity contribution in [3.8, 4) is 0 Å². The minimum absolute atomic E-state index is 0.263. The Morgan fingerprint density at radius 1 is 1.28 bits per heavy atom. The fourth-order valence-corrected chi connectivity index (χ4v) is 3.60. The van der Waals surface area contributed by atoms with Gasteiger partial charge in [0.1, 0.15) is 11.6 Å². The molecule has 4 heteroatoms. The molecule has 1 aliphatic carbocycles. The predicted molar refractivity (Wildman–Crippen MR) is 71.3 cm³/mol. The average molecular weight is 248 g/mol. The van der Waals surface area contributed by atoms with Gasteiger partial charge in [0.2, 0.25) is 0 Å². The molecule has 0 amide bonds. The van der Waals surface area contributed by atoms with Gasteiger partial charge in [-0.3, -0.25) is 0 Å². The molecule has 1 atom stereocenters. The molecule has 0 spiro atoms. The quantitative estimate of drug-likeness (QED) is 0.871. The van der Waals surface area contributed by atoms with Crippen molar-refractivity contribution in [1.82, 2.24) is 14.8 Å². The van der Waals surface area contributed by atoms with E-state index >= 15 is 0 Å². The van der Waals surface area contributed by atoms with E-state index in [-0.39, 0.29) is 5.41 Å². The van der Waals surface area contributed by atoms with Crippen molar-refractivity contribution in [2.75, 3.05) is 6.54 Å². The van der Waals surface area contributed by atoms with E-state index in [9.17, 15) is 0 Å². The van der Waals surface area contributed by atoms with E-state index in [2.05, 4.69) is 21.7 Å². The Balaban J connectivity index is 1.88. The second-order valence-corrected chi connectivity index (χ2v) is 6.31. The summed E-state index contributed by atoms with van der Waals surface area (Å²) in [6.07, 6.45) is 8.79. The van der Waals surface area contributed by atoms with Crippen LogP contribution in [0.4, 0.5) is 0 Å². The lowest BCUT2D eigenvalue weighted by atomic mass is 9.75. The summed E-state index contributed by atoms with van der Waals surface area (Å²) in [4.78, 5) is 0. The van der Waals surface area contributed by atoms with E-state index in [1.165, 1.54) is 50.2 Å². The second-order valence-electron chi connectivity index (χ2n) is 6.31. The Morgan fingerprint density at radius 2 is 2.06 bits per heavy atom. The first-order chi connectivity index (χ1) is 8.73. The van der Waals surface area contributed by atoms with Gasteiger partial charge in [-0.2, -0.15) is 0 Å². The van der Waals surface area contributed by atoms with Crippen molar-refractivity contribution < 1.29 is 0 Å². The van der Waals surface area contributed by atoms with Crippen LogP contribution in [0.1, 0.15) is 57.1 Å². The molecular formula is C14H24N4. The Morgan fingerprint density at radius 3 is 2.78 bits per heavy atom. The minimum atomic E-state index is 0.263. The largest absolute Gasteiger partial charge is 0.330 e. The molecule has 1 aromatic rings. The highest BCUT2D eigenvalue weighted by Crippen LogP contribution is 2.39. The van der Waals surface area contributed by atoms with Crippen LogP contribution in [0.3, 0.4) is 0 Å². The lowest BCUT2D eigenvalue weighted by Crippen LogP contribution is -2.32. The van der Waals surface area contributed by atoms with Crippen molar-refractivity contribution in [2.24, 2.45) is 11.7 Å². The molecule has 0 aromatic carbocycles. The second kappa shape index (κ2) is 4.65. The third-order valence-electron chi connectivity index (χ3n) is 4.89. The van der Waals surface area contributed by atoms with Crippen LogP contribution in [0.15, 0.2) is 0 Å². The highest BCUT2D eigenvalue weighted by atomic mass is 15.3. The van der Waals surface area contributed by atoms with Gasteiger partial charge in [-0.05, 0) is 31.7 Å². The summed E-state index contributed by atoms with van der Waals surface area (Å²) in [6.45, 7) is 4.22. The summed E-state index contributed by atoms with van der Waals surface area (Å²) in [7, 11) is 0. The molecule has 1 fully saturated rings. The zero-order valence-electron chi connectivity index (χ0n) is 11.4. The topological polar surface area (TPSA) is 56.7 Å². The summed E-state index contributed by atoms with van der Waals surface area (Å²) >= 11 is 0. The Kier molecular flexibility index (Phi) is 3.14. The van der Waals surface area contributed by atoms with E-state index in [1.807, 2.05) is 0 Å². The van der Waals surface area contributed by atoms with E-state index in [1.54, 1.807) is 0 Å². The van der Waals surface area contributed by atoms with Crippen LogP contribution in [-0.2, 0) is 18.4 Å². The highest BCUT2D eigenvalue weighted by Gasteiger charge is 2.35. The smallest absolute Gasteiger partial charge is 0.138 e. The van der Waals surface area contributed by atoms with Gasteiger partial charge in [-0.15, -0.1) is 10.2 Å². The number of fused-ring (bicyclic) bond motifs is 1. The van der Waals surface area contributed by atoms with E-state index < -0.39 is 0 Å². The molecule has 0 bridgehead atoms. The molecule has 1 aliphatic heterocycles. The Bertz CT molecular complexity index is 417. The number of nitrogens with two attached hydrogens (primary N) is 1. The van der Waals surface area contributed by atoms with Crippen LogP contribution in [0.25, 0.3) is 0 Å².